The largest absolute Gasteiger partial charge is 0.495 e. The summed E-state index contributed by atoms with van der Waals surface area (Å²) in [7, 11) is 1.55. The van der Waals surface area contributed by atoms with Crippen LogP contribution in [0.25, 0.3) is 0 Å². The zero-order valence-electron chi connectivity index (χ0n) is 12.6. The van der Waals surface area contributed by atoms with Crippen molar-refractivity contribution in [3.05, 3.63) is 41.0 Å². The Morgan fingerprint density at radius 2 is 2.39 bits per heavy atom. The minimum atomic E-state index is -0.355. The van der Waals surface area contributed by atoms with Crippen molar-refractivity contribution in [3.8, 4) is 5.75 Å². The van der Waals surface area contributed by atoms with Crippen molar-refractivity contribution in [2.75, 3.05) is 26.8 Å². The zero-order valence-corrected chi connectivity index (χ0v) is 13.3. The summed E-state index contributed by atoms with van der Waals surface area (Å²) in [5, 5.41) is 4.29. The Morgan fingerprint density at radius 3 is 3.13 bits per heavy atom. The van der Waals surface area contributed by atoms with Crippen molar-refractivity contribution in [1.82, 2.24) is 15.0 Å². The molecule has 8 heteroatoms. The quantitative estimate of drug-likeness (QED) is 0.847. The first-order valence-electron chi connectivity index (χ1n) is 7.15. The third-order valence-electron chi connectivity index (χ3n) is 3.66. The second kappa shape index (κ2) is 6.97. The van der Waals surface area contributed by atoms with E-state index in [4.69, 9.17) is 25.6 Å². The molecule has 7 nitrogen and oxygen atoms in total. The van der Waals surface area contributed by atoms with Gasteiger partial charge in [0.1, 0.15) is 11.9 Å². The number of hydrogen-bond acceptors (Lipinski definition) is 6. The third kappa shape index (κ3) is 3.62. The zero-order chi connectivity index (χ0) is 16.2. The summed E-state index contributed by atoms with van der Waals surface area (Å²) < 4.78 is 15.5. The van der Waals surface area contributed by atoms with E-state index >= 15 is 0 Å². The smallest absolute Gasteiger partial charge is 0.227 e. The first-order valence-corrected chi connectivity index (χ1v) is 7.53. The Morgan fingerprint density at radius 1 is 1.52 bits per heavy atom. The molecule has 1 aromatic heterocycles. The van der Waals surface area contributed by atoms with Gasteiger partial charge in [0.15, 0.2) is 0 Å². The molecule has 0 bridgehead atoms. The summed E-state index contributed by atoms with van der Waals surface area (Å²) in [4.78, 5) is 18.2. The number of carbonyl (C=O) groups is 1. The van der Waals surface area contributed by atoms with E-state index in [0.29, 0.717) is 36.3 Å². The van der Waals surface area contributed by atoms with Gasteiger partial charge in [0.2, 0.25) is 18.1 Å². The molecule has 0 aliphatic carbocycles. The second-order valence-corrected chi connectivity index (χ2v) is 5.54. The normalized spacial score (nSPS) is 18.0. The number of benzene rings is 1. The number of methoxy groups -OCH3 is 1. The molecule has 2 aromatic rings. The van der Waals surface area contributed by atoms with Gasteiger partial charge in [-0.25, -0.2) is 0 Å². The minimum absolute atomic E-state index is 0.00571. The van der Waals surface area contributed by atoms with Crippen molar-refractivity contribution in [2.45, 2.75) is 12.5 Å². The van der Waals surface area contributed by atoms with E-state index in [1.807, 2.05) is 6.07 Å². The maximum atomic E-state index is 12.5. The lowest BCUT2D eigenvalue weighted by atomic mass is 10.1. The molecule has 1 amide bonds. The predicted molar refractivity (Wildman–Crippen MR) is 81.3 cm³/mol. The average Bonchev–Trinajstić information content (AvgIpc) is 3.11. The van der Waals surface area contributed by atoms with Gasteiger partial charge in [-0.15, -0.1) is 0 Å². The minimum Gasteiger partial charge on any atom is -0.495 e. The number of morpholine rings is 1. The third-order valence-corrected chi connectivity index (χ3v) is 3.97. The molecule has 23 heavy (non-hydrogen) atoms. The van der Waals surface area contributed by atoms with Gasteiger partial charge in [-0.05, 0) is 17.7 Å². The van der Waals surface area contributed by atoms with E-state index in [1.165, 1.54) is 6.39 Å². The van der Waals surface area contributed by atoms with Crippen molar-refractivity contribution < 1.29 is 18.8 Å². The van der Waals surface area contributed by atoms with Gasteiger partial charge < -0.3 is 18.9 Å². The number of aromatic nitrogens is 2. The summed E-state index contributed by atoms with van der Waals surface area (Å²) in [5.41, 5.74) is 0.846. The van der Waals surface area contributed by atoms with Gasteiger partial charge >= 0.3 is 0 Å². The summed E-state index contributed by atoms with van der Waals surface area (Å²) in [5.74, 6) is 1.02. The van der Waals surface area contributed by atoms with Crippen LogP contribution in [0.5, 0.6) is 5.75 Å². The van der Waals surface area contributed by atoms with Crippen LogP contribution in [-0.4, -0.2) is 47.8 Å². The van der Waals surface area contributed by atoms with Crippen LogP contribution < -0.4 is 4.74 Å². The van der Waals surface area contributed by atoms with Crippen LogP contribution in [0.1, 0.15) is 17.5 Å². The standard InChI is InChI=1S/C15H16ClN3O4/c1-21-12-6-10(2-3-11(12)16)7-14(20)19-4-5-22-13(8-19)15-17-9-23-18-15/h2-3,6,9,13H,4-5,7-8H2,1H3/t13-/m0/s1. The molecule has 0 N–H and O–H groups in total. The van der Waals surface area contributed by atoms with E-state index in [2.05, 4.69) is 10.1 Å². The monoisotopic (exact) mass is 337 g/mol. The highest BCUT2D eigenvalue weighted by molar-refractivity contribution is 6.32. The summed E-state index contributed by atoms with van der Waals surface area (Å²) in [6.45, 7) is 1.38. The molecule has 1 saturated heterocycles. The Balaban J connectivity index is 1.66. The number of nitrogens with zero attached hydrogens (tertiary/aromatic N) is 3. The maximum absolute atomic E-state index is 12.5. The summed E-state index contributed by atoms with van der Waals surface area (Å²) in [6.07, 6.45) is 1.16. The lowest BCUT2D eigenvalue weighted by Gasteiger charge is -2.31. The Kier molecular flexibility index (Phi) is 4.78. The van der Waals surface area contributed by atoms with Crippen LogP contribution >= 0.6 is 11.6 Å². The second-order valence-electron chi connectivity index (χ2n) is 5.13. The highest BCUT2D eigenvalue weighted by atomic mass is 35.5. The van der Waals surface area contributed by atoms with Gasteiger partial charge in [0, 0.05) is 6.54 Å². The predicted octanol–water partition coefficient (Wildman–Crippen LogP) is 1.87. The van der Waals surface area contributed by atoms with E-state index in [9.17, 15) is 4.79 Å². The molecule has 122 valence electrons. The fraction of sp³-hybridized carbons (Fsp3) is 0.400. The number of rotatable bonds is 4. The number of carbonyl (C=O) groups excluding carboxylic acids is 1. The van der Waals surface area contributed by atoms with Crippen LogP contribution in [0.3, 0.4) is 0 Å². The van der Waals surface area contributed by atoms with E-state index in [0.717, 1.165) is 5.56 Å². The number of halogens is 1. The van der Waals surface area contributed by atoms with Gasteiger partial charge in [0.25, 0.3) is 0 Å². The molecule has 0 saturated carbocycles. The van der Waals surface area contributed by atoms with Crippen LogP contribution in [-0.2, 0) is 16.0 Å². The molecule has 1 aliphatic rings. The van der Waals surface area contributed by atoms with Crippen molar-refractivity contribution in [3.63, 3.8) is 0 Å². The maximum Gasteiger partial charge on any atom is 0.227 e. The summed E-state index contributed by atoms with van der Waals surface area (Å²) in [6, 6.07) is 5.32. The number of ether oxygens (including phenoxy) is 2. The fourth-order valence-electron chi connectivity index (χ4n) is 2.45. The molecule has 0 spiro atoms. The van der Waals surface area contributed by atoms with Crippen LogP contribution in [0, 0.1) is 0 Å². The molecule has 0 radical (unpaired) electrons. The first kappa shape index (κ1) is 15.8. The molecule has 1 aromatic carbocycles. The van der Waals surface area contributed by atoms with Crippen molar-refractivity contribution in [1.29, 1.82) is 0 Å². The molecule has 1 aliphatic heterocycles. The molecule has 1 fully saturated rings. The van der Waals surface area contributed by atoms with Gasteiger partial charge in [-0.1, -0.05) is 22.8 Å². The van der Waals surface area contributed by atoms with Crippen molar-refractivity contribution >= 4 is 17.5 Å². The van der Waals surface area contributed by atoms with E-state index in [1.54, 1.807) is 24.1 Å². The van der Waals surface area contributed by atoms with Crippen LogP contribution in [0.4, 0.5) is 0 Å². The highest BCUT2D eigenvalue weighted by Gasteiger charge is 2.28. The summed E-state index contributed by atoms with van der Waals surface area (Å²) >= 11 is 6.00. The van der Waals surface area contributed by atoms with E-state index in [-0.39, 0.29) is 18.4 Å². The number of hydrogen-bond donors (Lipinski definition) is 0. The topological polar surface area (TPSA) is 77.7 Å². The molecular formula is C15H16ClN3O4. The average molecular weight is 338 g/mol. The number of amides is 1. The molecule has 3 rings (SSSR count). The first-order chi connectivity index (χ1) is 11.2. The van der Waals surface area contributed by atoms with Gasteiger partial charge in [-0.2, -0.15) is 4.98 Å². The Hall–Kier alpha value is -2.12. The van der Waals surface area contributed by atoms with Gasteiger partial charge in [0.05, 0.1) is 31.7 Å². The fourth-order valence-corrected chi connectivity index (χ4v) is 2.65. The highest BCUT2D eigenvalue weighted by Crippen LogP contribution is 2.26. The lowest BCUT2D eigenvalue weighted by Crippen LogP contribution is -2.43. The molecular weight excluding hydrogens is 322 g/mol. The Labute approximate surface area is 138 Å². The molecule has 2 heterocycles. The molecule has 0 unspecified atom stereocenters. The van der Waals surface area contributed by atoms with Gasteiger partial charge in [-0.3, -0.25) is 4.79 Å². The lowest BCUT2D eigenvalue weighted by molar-refractivity contribution is -0.138. The van der Waals surface area contributed by atoms with Crippen LogP contribution in [0.2, 0.25) is 5.02 Å². The van der Waals surface area contributed by atoms with E-state index < -0.39 is 0 Å². The SMILES string of the molecule is COc1cc(CC(=O)N2CCO[C@H](c3ncon3)C2)ccc1Cl. The van der Waals surface area contributed by atoms with Crippen molar-refractivity contribution in [2.24, 2.45) is 0 Å². The Bertz CT molecular complexity index is 677. The molecule has 1 atom stereocenters. The van der Waals surface area contributed by atoms with Crippen LogP contribution in [0.15, 0.2) is 29.1 Å².